The van der Waals surface area contributed by atoms with Crippen molar-refractivity contribution in [3.05, 3.63) is 52.7 Å². The molecule has 0 amide bonds. The summed E-state index contributed by atoms with van der Waals surface area (Å²) in [6.45, 7) is 1.69. The summed E-state index contributed by atoms with van der Waals surface area (Å²) >= 11 is 0. The number of hydrogen-bond donors (Lipinski definition) is 1. The predicted octanol–water partition coefficient (Wildman–Crippen LogP) is 1.29. The fourth-order valence-electron chi connectivity index (χ4n) is 1.91. The van der Waals surface area contributed by atoms with Crippen molar-refractivity contribution in [2.45, 2.75) is 19.9 Å². The molecule has 0 radical (unpaired) electrons. The maximum atomic E-state index is 12.0. The number of aryl methyl sites for hydroxylation is 1. The van der Waals surface area contributed by atoms with Crippen LogP contribution in [-0.4, -0.2) is 20.2 Å². The van der Waals surface area contributed by atoms with E-state index in [9.17, 15) is 9.59 Å². The maximum absolute atomic E-state index is 12.0. The van der Waals surface area contributed by atoms with Gasteiger partial charge in [0.1, 0.15) is 6.54 Å². The predicted molar refractivity (Wildman–Crippen MR) is 67.0 cm³/mol. The second-order valence-corrected chi connectivity index (χ2v) is 3.95. The molecule has 5 nitrogen and oxygen atoms in total. The third kappa shape index (κ3) is 2.20. The van der Waals surface area contributed by atoms with Crippen LogP contribution >= 0.6 is 0 Å². The molecule has 0 fully saturated rings. The van der Waals surface area contributed by atoms with Gasteiger partial charge in [-0.1, -0.05) is 25.1 Å². The molecule has 1 heterocycles. The molecular weight excluding hydrogens is 232 g/mol. The molecule has 94 valence electrons. The Hall–Kier alpha value is -2.30. The van der Waals surface area contributed by atoms with Gasteiger partial charge in [-0.25, -0.2) is 4.79 Å². The third-order valence-electron chi connectivity index (χ3n) is 2.79. The lowest BCUT2D eigenvalue weighted by molar-refractivity contribution is -0.137. The first-order valence-corrected chi connectivity index (χ1v) is 5.71. The molecule has 18 heavy (non-hydrogen) atoms. The van der Waals surface area contributed by atoms with Crippen molar-refractivity contribution in [1.82, 2.24) is 9.13 Å². The van der Waals surface area contributed by atoms with Crippen LogP contribution in [0.25, 0.3) is 5.69 Å². The highest BCUT2D eigenvalue weighted by molar-refractivity contribution is 5.66. The van der Waals surface area contributed by atoms with E-state index in [1.807, 2.05) is 31.2 Å². The van der Waals surface area contributed by atoms with E-state index in [-0.39, 0.29) is 12.2 Å². The number of benzene rings is 1. The molecule has 1 N–H and O–H groups in total. The van der Waals surface area contributed by atoms with Crippen LogP contribution in [0.3, 0.4) is 0 Å². The summed E-state index contributed by atoms with van der Waals surface area (Å²) in [6, 6.07) is 7.58. The zero-order valence-electron chi connectivity index (χ0n) is 10.0. The number of aromatic nitrogens is 2. The molecule has 0 saturated heterocycles. The van der Waals surface area contributed by atoms with Crippen molar-refractivity contribution in [3.8, 4) is 5.69 Å². The molecule has 0 aliphatic rings. The Morgan fingerprint density at radius 1 is 1.28 bits per heavy atom. The molecular formula is C13H14N2O3. The Kier molecular flexibility index (Phi) is 3.32. The van der Waals surface area contributed by atoms with Crippen LogP contribution in [0.2, 0.25) is 0 Å². The minimum atomic E-state index is -1.03. The smallest absolute Gasteiger partial charge is 0.333 e. The quantitative estimate of drug-likeness (QED) is 0.884. The fourth-order valence-corrected chi connectivity index (χ4v) is 1.91. The standard InChI is InChI=1S/C13H14N2O3/c1-2-10-5-3-4-6-11(10)15-8-7-14(13(15)18)9-12(16)17/h3-8H,2,9H2,1H3,(H,16,17). The van der Waals surface area contributed by atoms with Gasteiger partial charge in [0.2, 0.25) is 0 Å². The number of rotatable bonds is 4. The van der Waals surface area contributed by atoms with E-state index in [0.29, 0.717) is 0 Å². The Bertz CT molecular complexity index is 625. The van der Waals surface area contributed by atoms with Gasteiger partial charge in [0, 0.05) is 12.4 Å². The van der Waals surface area contributed by atoms with E-state index in [2.05, 4.69) is 0 Å². The molecule has 0 unspecified atom stereocenters. The van der Waals surface area contributed by atoms with Crippen molar-refractivity contribution in [2.75, 3.05) is 0 Å². The zero-order chi connectivity index (χ0) is 13.1. The average molecular weight is 246 g/mol. The van der Waals surface area contributed by atoms with Gasteiger partial charge in [0.15, 0.2) is 0 Å². The van der Waals surface area contributed by atoms with Gasteiger partial charge in [-0.05, 0) is 18.1 Å². The average Bonchev–Trinajstić information content (AvgIpc) is 2.70. The van der Waals surface area contributed by atoms with Gasteiger partial charge >= 0.3 is 11.7 Å². The minimum Gasteiger partial charge on any atom is -0.480 e. The molecule has 5 heteroatoms. The molecule has 2 rings (SSSR count). The largest absolute Gasteiger partial charge is 0.480 e. The highest BCUT2D eigenvalue weighted by Crippen LogP contribution is 2.13. The van der Waals surface area contributed by atoms with Gasteiger partial charge in [0.25, 0.3) is 0 Å². The van der Waals surface area contributed by atoms with Crippen LogP contribution < -0.4 is 5.69 Å². The first kappa shape index (κ1) is 12.2. The minimum absolute atomic E-state index is 0.319. The lowest BCUT2D eigenvalue weighted by Gasteiger charge is -2.07. The van der Waals surface area contributed by atoms with Crippen LogP contribution in [0.5, 0.6) is 0 Å². The highest BCUT2D eigenvalue weighted by atomic mass is 16.4. The molecule has 0 saturated carbocycles. The normalized spacial score (nSPS) is 10.5. The second-order valence-electron chi connectivity index (χ2n) is 3.95. The summed E-state index contributed by atoms with van der Waals surface area (Å²) in [4.78, 5) is 22.7. The fraction of sp³-hybridized carbons (Fsp3) is 0.231. The molecule has 0 atom stereocenters. The van der Waals surface area contributed by atoms with E-state index in [1.54, 1.807) is 6.20 Å². The molecule has 2 aromatic rings. The molecule has 1 aromatic heterocycles. The number of carboxylic acid groups (broad SMARTS) is 1. The third-order valence-corrected chi connectivity index (χ3v) is 2.79. The topological polar surface area (TPSA) is 64.2 Å². The lowest BCUT2D eigenvalue weighted by atomic mass is 10.1. The summed E-state index contributed by atoms with van der Waals surface area (Å²) in [7, 11) is 0. The van der Waals surface area contributed by atoms with Crippen molar-refractivity contribution in [1.29, 1.82) is 0 Å². The number of aliphatic carboxylic acids is 1. The van der Waals surface area contributed by atoms with E-state index in [4.69, 9.17) is 5.11 Å². The molecule has 0 aliphatic carbocycles. The molecule has 0 spiro atoms. The first-order chi connectivity index (χ1) is 8.63. The van der Waals surface area contributed by atoms with Gasteiger partial charge in [-0.2, -0.15) is 0 Å². The number of nitrogens with zero attached hydrogens (tertiary/aromatic N) is 2. The maximum Gasteiger partial charge on any atom is 0.333 e. The van der Waals surface area contributed by atoms with Crippen LogP contribution in [0.1, 0.15) is 12.5 Å². The Morgan fingerprint density at radius 3 is 2.67 bits per heavy atom. The number of para-hydroxylation sites is 1. The SMILES string of the molecule is CCc1ccccc1-n1ccn(CC(=O)O)c1=O. The Balaban J connectivity index is 2.49. The second kappa shape index (κ2) is 4.91. The number of hydrogen-bond acceptors (Lipinski definition) is 2. The van der Waals surface area contributed by atoms with Crippen molar-refractivity contribution >= 4 is 5.97 Å². The zero-order valence-corrected chi connectivity index (χ0v) is 10.0. The van der Waals surface area contributed by atoms with E-state index in [0.717, 1.165) is 17.7 Å². The lowest BCUT2D eigenvalue weighted by Crippen LogP contribution is -2.26. The van der Waals surface area contributed by atoms with Gasteiger partial charge < -0.3 is 5.11 Å². The van der Waals surface area contributed by atoms with Crippen LogP contribution in [0, 0.1) is 0 Å². The number of carboxylic acids is 1. The summed E-state index contributed by atoms with van der Waals surface area (Å²) in [6.07, 6.45) is 3.90. The monoisotopic (exact) mass is 246 g/mol. The van der Waals surface area contributed by atoms with Gasteiger partial charge in [-0.15, -0.1) is 0 Å². The summed E-state index contributed by atoms with van der Waals surface area (Å²) in [5, 5.41) is 8.70. The summed E-state index contributed by atoms with van der Waals surface area (Å²) in [5.74, 6) is -1.03. The van der Waals surface area contributed by atoms with Gasteiger partial charge in [-0.3, -0.25) is 13.9 Å². The summed E-state index contributed by atoms with van der Waals surface area (Å²) < 4.78 is 2.65. The molecule has 0 aliphatic heterocycles. The first-order valence-electron chi connectivity index (χ1n) is 5.71. The van der Waals surface area contributed by atoms with Gasteiger partial charge in [0.05, 0.1) is 5.69 Å². The Morgan fingerprint density at radius 2 is 2.00 bits per heavy atom. The number of imidazole rings is 1. The molecule has 1 aromatic carbocycles. The summed E-state index contributed by atoms with van der Waals surface area (Å²) in [5.41, 5.74) is 1.51. The van der Waals surface area contributed by atoms with Crippen LogP contribution in [0.4, 0.5) is 0 Å². The van der Waals surface area contributed by atoms with Crippen LogP contribution in [0.15, 0.2) is 41.5 Å². The molecule has 0 bridgehead atoms. The Labute approximate surface area is 104 Å². The van der Waals surface area contributed by atoms with E-state index in [1.165, 1.54) is 15.3 Å². The van der Waals surface area contributed by atoms with Crippen molar-refractivity contribution in [2.24, 2.45) is 0 Å². The van der Waals surface area contributed by atoms with Crippen molar-refractivity contribution in [3.63, 3.8) is 0 Å². The van der Waals surface area contributed by atoms with Crippen LogP contribution in [-0.2, 0) is 17.8 Å². The van der Waals surface area contributed by atoms with E-state index >= 15 is 0 Å². The number of carbonyl (C=O) groups is 1. The highest BCUT2D eigenvalue weighted by Gasteiger charge is 2.09. The van der Waals surface area contributed by atoms with Crippen molar-refractivity contribution < 1.29 is 9.90 Å². The van der Waals surface area contributed by atoms with E-state index < -0.39 is 5.97 Å².